The first kappa shape index (κ1) is 15.9. The van der Waals surface area contributed by atoms with E-state index in [2.05, 4.69) is 9.97 Å². The van der Waals surface area contributed by atoms with Gasteiger partial charge in [0.25, 0.3) is 0 Å². The van der Waals surface area contributed by atoms with Gasteiger partial charge in [0.15, 0.2) is 5.16 Å². The van der Waals surface area contributed by atoms with E-state index < -0.39 is 11.6 Å². The van der Waals surface area contributed by atoms with E-state index in [1.165, 1.54) is 23.9 Å². The Labute approximate surface area is 136 Å². The van der Waals surface area contributed by atoms with Crippen LogP contribution >= 0.6 is 11.8 Å². The minimum Gasteiger partial charge on any atom is -0.337 e. The number of aromatic nitrogens is 2. The summed E-state index contributed by atoms with van der Waals surface area (Å²) in [5, 5.41) is 0.287. The van der Waals surface area contributed by atoms with Gasteiger partial charge in [0, 0.05) is 37.1 Å². The molecule has 23 heavy (non-hydrogen) atoms. The zero-order valence-corrected chi connectivity index (χ0v) is 13.1. The third-order valence-electron chi connectivity index (χ3n) is 3.65. The summed E-state index contributed by atoms with van der Waals surface area (Å²) < 4.78 is 26.7. The van der Waals surface area contributed by atoms with Crippen LogP contribution in [0.2, 0.25) is 0 Å². The van der Waals surface area contributed by atoms with E-state index in [1.807, 2.05) is 0 Å². The third kappa shape index (κ3) is 3.85. The van der Waals surface area contributed by atoms with Crippen molar-refractivity contribution < 1.29 is 13.6 Å². The van der Waals surface area contributed by atoms with Crippen LogP contribution in [0.15, 0.2) is 41.8 Å². The number of likely N-dealkylation sites (tertiary alicyclic amines) is 1. The SMILES string of the molecule is O=C1C(Sc2ncccn2)CCCN1Cc1ccc(F)cc1F. The van der Waals surface area contributed by atoms with E-state index in [0.29, 0.717) is 17.3 Å². The molecule has 0 N–H and O–H groups in total. The zero-order chi connectivity index (χ0) is 16.2. The standard InChI is InChI=1S/C16H15F2N3OS/c17-12-5-4-11(13(18)9-12)10-21-8-1-3-14(15(21)22)23-16-19-6-2-7-20-16/h2,4-7,9,14H,1,3,8,10H2. The van der Waals surface area contributed by atoms with Gasteiger partial charge in [-0.2, -0.15) is 0 Å². The van der Waals surface area contributed by atoms with Gasteiger partial charge in [-0.3, -0.25) is 4.79 Å². The maximum atomic E-state index is 13.8. The molecule has 2 aromatic rings. The Balaban J connectivity index is 1.69. The topological polar surface area (TPSA) is 46.1 Å². The molecule has 120 valence electrons. The van der Waals surface area contributed by atoms with E-state index in [1.54, 1.807) is 23.4 Å². The van der Waals surface area contributed by atoms with Crippen LogP contribution in [0.5, 0.6) is 0 Å². The summed E-state index contributed by atoms with van der Waals surface area (Å²) in [7, 11) is 0. The quantitative estimate of drug-likeness (QED) is 0.806. The minimum atomic E-state index is -0.626. The summed E-state index contributed by atoms with van der Waals surface area (Å²) in [6, 6.07) is 5.15. The maximum absolute atomic E-state index is 13.8. The number of hydrogen-bond donors (Lipinski definition) is 0. The van der Waals surface area contributed by atoms with Gasteiger partial charge in [-0.1, -0.05) is 17.8 Å². The predicted molar refractivity (Wildman–Crippen MR) is 82.7 cm³/mol. The summed E-state index contributed by atoms with van der Waals surface area (Å²) in [6.45, 7) is 0.722. The van der Waals surface area contributed by atoms with Crippen molar-refractivity contribution in [2.75, 3.05) is 6.54 Å². The van der Waals surface area contributed by atoms with Crippen molar-refractivity contribution in [3.8, 4) is 0 Å². The number of amides is 1. The highest BCUT2D eigenvalue weighted by Crippen LogP contribution is 2.29. The van der Waals surface area contributed by atoms with E-state index in [-0.39, 0.29) is 17.7 Å². The van der Waals surface area contributed by atoms with E-state index in [0.717, 1.165) is 18.9 Å². The first-order valence-electron chi connectivity index (χ1n) is 7.30. The number of hydrogen-bond acceptors (Lipinski definition) is 4. The van der Waals surface area contributed by atoms with Crippen molar-refractivity contribution in [1.29, 1.82) is 0 Å². The summed E-state index contributed by atoms with van der Waals surface area (Å²) in [5.41, 5.74) is 0.321. The van der Waals surface area contributed by atoms with Crippen molar-refractivity contribution in [1.82, 2.24) is 14.9 Å². The fourth-order valence-electron chi connectivity index (χ4n) is 2.50. The molecule has 2 heterocycles. The van der Waals surface area contributed by atoms with Crippen LogP contribution in [-0.4, -0.2) is 32.6 Å². The smallest absolute Gasteiger partial charge is 0.236 e. The number of benzene rings is 1. The van der Waals surface area contributed by atoms with Gasteiger partial charge >= 0.3 is 0 Å². The number of carbonyl (C=O) groups is 1. The Morgan fingerprint density at radius 1 is 1.26 bits per heavy atom. The van der Waals surface area contributed by atoms with Crippen LogP contribution in [0, 0.1) is 11.6 Å². The van der Waals surface area contributed by atoms with Gasteiger partial charge in [0.05, 0.1) is 5.25 Å². The third-order valence-corrected chi connectivity index (χ3v) is 4.79. The van der Waals surface area contributed by atoms with E-state index >= 15 is 0 Å². The highest BCUT2D eigenvalue weighted by atomic mass is 32.2. The van der Waals surface area contributed by atoms with Gasteiger partial charge < -0.3 is 4.90 Å². The first-order chi connectivity index (χ1) is 11.1. The zero-order valence-electron chi connectivity index (χ0n) is 12.3. The fourth-order valence-corrected chi connectivity index (χ4v) is 3.53. The molecule has 1 aliphatic rings. The predicted octanol–water partition coefficient (Wildman–Crippen LogP) is 3.04. The fraction of sp³-hybridized carbons (Fsp3) is 0.312. The van der Waals surface area contributed by atoms with Crippen molar-refractivity contribution in [2.24, 2.45) is 0 Å². The summed E-state index contributed by atoms with van der Waals surface area (Å²) in [4.78, 5) is 22.4. The largest absolute Gasteiger partial charge is 0.337 e. The van der Waals surface area contributed by atoms with Crippen molar-refractivity contribution in [3.63, 3.8) is 0 Å². The van der Waals surface area contributed by atoms with Crippen molar-refractivity contribution in [2.45, 2.75) is 29.8 Å². The molecule has 1 unspecified atom stereocenters. The second-order valence-corrected chi connectivity index (χ2v) is 6.45. The van der Waals surface area contributed by atoms with Gasteiger partial charge in [0.1, 0.15) is 11.6 Å². The second-order valence-electron chi connectivity index (χ2n) is 5.28. The highest BCUT2D eigenvalue weighted by molar-refractivity contribution is 8.00. The van der Waals surface area contributed by atoms with Crippen molar-refractivity contribution in [3.05, 3.63) is 53.9 Å². The Bertz CT molecular complexity index is 699. The lowest BCUT2D eigenvalue weighted by Crippen LogP contribution is -2.42. The average molecular weight is 335 g/mol. The number of thioether (sulfide) groups is 1. The number of carbonyl (C=O) groups excluding carboxylic acids is 1. The van der Waals surface area contributed by atoms with E-state index in [4.69, 9.17) is 0 Å². The van der Waals surface area contributed by atoms with Gasteiger partial charge in [-0.25, -0.2) is 18.7 Å². The van der Waals surface area contributed by atoms with Gasteiger partial charge in [-0.05, 0) is 25.0 Å². The molecule has 1 fully saturated rings. The van der Waals surface area contributed by atoms with Crippen LogP contribution in [-0.2, 0) is 11.3 Å². The Morgan fingerprint density at radius 2 is 2.04 bits per heavy atom. The molecule has 1 amide bonds. The molecular weight excluding hydrogens is 320 g/mol. The maximum Gasteiger partial charge on any atom is 0.236 e. The molecular formula is C16H15F2N3OS. The summed E-state index contributed by atoms with van der Waals surface area (Å²) in [6.07, 6.45) is 4.84. The molecule has 7 heteroatoms. The Hall–Kier alpha value is -2.02. The monoisotopic (exact) mass is 335 g/mol. The lowest BCUT2D eigenvalue weighted by Gasteiger charge is -2.31. The Morgan fingerprint density at radius 3 is 2.78 bits per heavy atom. The van der Waals surface area contributed by atoms with Crippen LogP contribution < -0.4 is 0 Å². The second kappa shape index (κ2) is 7.04. The molecule has 1 aromatic heterocycles. The minimum absolute atomic E-state index is 0.0579. The molecule has 4 nitrogen and oxygen atoms in total. The molecule has 1 saturated heterocycles. The number of halogens is 2. The molecule has 1 aliphatic heterocycles. The molecule has 0 aliphatic carbocycles. The molecule has 0 spiro atoms. The lowest BCUT2D eigenvalue weighted by atomic mass is 10.1. The van der Waals surface area contributed by atoms with Gasteiger partial charge in [-0.15, -0.1) is 0 Å². The number of rotatable bonds is 4. The van der Waals surface area contributed by atoms with Crippen LogP contribution in [0.4, 0.5) is 8.78 Å². The van der Waals surface area contributed by atoms with Crippen LogP contribution in [0.25, 0.3) is 0 Å². The summed E-state index contributed by atoms with van der Waals surface area (Å²) in [5.74, 6) is -1.30. The van der Waals surface area contributed by atoms with Crippen LogP contribution in [0.1, 0.15) is 18.4 Å². The molecule has 1 aromatic carbocycles. The molecule has 0 saturated carbocycles. The van der Waals surface area contributed by atoms with Crippen molar-refractivity contribution >= 4 is 17.7 Å². The number of nitrogens with zero attached hydrogens (tertiary/aromatic N) is 3. The summed E-state index contributed by atoms with van der Waals surface area (Å²) >= 11 is 1.33. The van der Waals surface area contributed by atoms with Gasteiger partial charge in [0.2, 0.25) is 5.91 Å². The highest BCUT2D eigenvalue weighted by Gasteiger charge is 2.30. The molecule has 0 radical (unpaired) electrons. The van der Waals surface area contributed by atoms with E-state index in [9.17, 15) is 13.6 Å². The normalized spacial score (nSPS) is 18.3. The number of piperidine rings is 1. The molecule has 1 atom stereocenters. The molecule has 3 rings (SSSR count). The van der Waals surface area contributed by atoms with Crippen LogP contribution in [0.3, 0.4) is 0 Å². The lowest BCUT2D eigenvalue weighted by molar-refractivity contribution is -0.133. The average Bonchev–Trinajstić information content (AvgIpc) is 2.54. The Kier molecular flexibility index (Phi) is 4.85. The first-order valence-corrected chi connectivity index (χ1v) is 8.18. The molecule has 0 bridgehead atoms.